The highest BCUT2D eigenvalue weighted by atomic mass is 35.5. The van der Waals surface area contributed by atoms with Crippen molar-refractivity contribution in [3.8, 4) is 0 Å². The fourth-order valence-electron chi connectivity index (χ4n) is 1.57. The third kappa shape index (κ3) is 3.03. The maximum Gasteiger partial charge on any atom is 0.255 e. The predicted molar refractivity (Wildman–Crippen MR) is 75.6 cm³/mol. The molecule has 2 rings (SSSR count). The molecule has 0 bridgehead atoms. The molecule has 1 amide bonds. The Morgan fingerprint density at radius 2 is 1.89 bits per heavy atom. The van der Waals surface area contributed by atoms with E-state index in [1.807, 2.05) is 25.1 Å². The number of halogens is 2. The van der Waals surface area contributed by atoms with Crippen LogP contribution in [-0.2, 0) is 0 Å². The van der Waals surface area contributed by atoms with E-state index < -0.39 is 0 Å². The Balaban J connectivity index is 2.21. The molecule has 0 atom stereocenters. The van der Waals surface area contributed by atoms with Gasteiger partial charge in [-0.15, -0.1) is 0 Å². The molecule has 0 saturated carbocycles. The minimum Gasteiger partial charge on any atom is -0.321 e. The molecule has 2 nitrogen and oxygen atoms in total. The van der Waals surface area contributed by atoms with E-state index in [4.69, 9.17) is 23.2 Å². The molecule has 0 aliphatic rings. The zero-order valence-corrected chi connectivity index (χ0v) is 11.2. The van der Waals surface area contributed by atoms with Crippen LogP contribution in [0.4, 0.5) is 5.69 Å². The first kappa shape index (κ1) is 12.9. The van der Waals surface area contributed by atoms with Gasteiger partial charge >= 0.3 is 0 Å². The van der Waals surface area contributed by atoms with Gasteiger partial charge in [-0.2, -0.15) is 0 Å². The highest BCUT2D eigenvalue weighted by Gasteiger charge is 2.08. The monoisotopic (exact) mass is 279 g/mol. The van der Waals surface area contributed by atoms with Crippen LogP contribution in [0.1, 0.15) is 15.9 Å². The Morgan fingerprint density at radius 3 is 2.56 bits per heavy atom. The normalized spacial score (nSPS) is 10.2. The molecule has 2 aromatic carbocycles. The zero-order valence-electron chi connectivity index (χ0n) is 9.71. The molecule has 0 aliphatic carbocycles. The van der Waals surface area contributed by atoms with E-state index in [1.165, 1.54) is 0 Å². The molecule has 0 aromatic heterocycles. The Bertz CT molecular complexity index is 596. The second kappa shape index (κ2) is 5.42. The molecule has 0 fully saturated rings. The fraction of sp³-hybridized carbons (Fsp3) is 0.0714. The van der Waals surface area contributed by atoms with Crippen LogP contribution in [0.2, 0.25) is 10.0 Å². The maximum atomic E-state index is 12.0. The second-order valence-corrected chi connectivity index (χ2v) is 4.79. The van der Waals surface area contributed by atoms with E-state index in [0.29, 0.717) is 21.3 Å². The first-order chi connectivity index (χ1) is 8.56. The lowest BCUT2D eigenvalue weighted by atomic mass is 10.1. The van der Waals surface area contributed by atoms with Crippen LogP contribution in [0.25, 0.3) is 0 Å². The average molecular weight is 280 g/mol. The van der Waals surface area contributed by atoms with Crippen molar-refractivity contribution in [2.45, 2.75) is 6.92 Å². The molecule has 18 heavy (non-hydrogen) atoms. The Hall–Kier alpha value is -1.51. The quantitative estimate of drug-likeness (QED) is 0.858. The summed E-state index contributed by atoms with van der Waals surface area (Å²) in [5.41, 5.74) is 2.18. The topological polar surface area (TPSA) is 29.1 Å². The van der Waals surface area contributed by atoms with Gasteiger partial charge in [0, 0.05) is 10.6 Å². The summed E-state index contributed by atoms with van der Waals surface area (Å²) in [6.07, 6.45) is 0. The summed E-state index contributed by atoms with van der Waals surface area (Å²) < 4.78 is 0. The summed E-state index contributed by atoms with van der Waals surface area (Å²) >= 11 is 11.8. The number of anilines is 1. The van der Waals surface area contributed by atoms with Gasteiger partial charge < -0.3 is 5.32 Å². The van der Waals surface area contributed by atoms with Crippen LogP contribution in [0.5, 0.6) is 0 Å². The van der Waals surface area contributed by atoms with Gasteiger partial charge in [0.05, 0.1) is 10.7 Å². The molecule has 0 heterocycles. The van der Waals surface area contributed by atoms with E-state index in [2.05, 4.69) is 5.32 Å². The number of nitrogens with one attached hydrogen (secondary N) is 1. The largest absolute Gasteiger partial charge is 0.321 e. The minimum atomic E-state index is -0.192. The third-order valence-corrected chi connectivity index (χ3v) is 3.01. The zero-order chi connectivity index (χ0) is 13.1. The van der Waals surface area contributed by atoms with Gasteiger partial charge in [0.1, 0.15) is 0 Å². The fourth-order valence-corrected chi connectivity index (χ4v) is 2.03. The van der Waals surface area contributed by atoms with Gasteiger partial charge in [0.2, 0.25) is 0 Å². The standard InChI is InChI=1S/C14H11Cl2NO/c1-9-3-2-4-10(7-9)14(18)17-13-6-5-11(15)8-12(13)16/h2-8H,1H3,(H,17,18). The molecule has 2 aromatic rings. The molecule has 0 aliphatic heterocycles. The SMILES string of the molecule is Cc1cccc(C(=O)Nc2ccc(Cl)cc2Cl)c1. The summed E-state index contributed by atoms with van der Waals surface area (Å²) in [5.74, 6) is -0.192. The van der Waals surface area contributed by atoms with Crippen molar-refractivity contribution in [2.24, 2.45) is 0 Å². The molecule has 4 heteroatoms. The van der Waals surface area contributed by atoms with Crippen molar-refractivity contribution < 1.29 is 4.79 Å². The number of benzene rings is 2. The molecule has 92 valence electrons. The highest BCUT2D eigenvalue weighted by Crippen LogP contribution is 2.25. The van der Waals surface area contributed by atoms with Crippen molar-refractivity contribution in [3.05, 3.63) is 63.6 Å². The molecule has 0 spiro atoms. The van der Waals surface area contributed by atoms with E-state index in [0.717, 1.165) is 5.56 Å². The van der Waals surface area contributed by atoms with E-state index in [-0.39, 0.29) is 5.91 Å². The summed E-state index contributed by atoms with van der Waals surface area (Å²) in [6.45, 7) is 1.94. The Morgan fingerprint density at radius 1 is 1.11 bits per heavy atom. The smallest absolute Gasteiger partial charge is 0.255 e. The number of hydrogen-bond acceptors (Lipinski definition) is 1. The lowest BCUT2D eigenvalue weighted by molar-refractivity contribution is 0.102. The van der Waals surface area contributed by atoms with Crippen molar-refractivity contribution >= 4 is 34.8 Å². The second-order valence-electron chi connectivity index (χ2n) is 3.95. The number of aryl methyl sites for hydroxylation is 1. The van der Waals surface area contributed by atoms with Gasteiger partial charge in [-0.1, -0.05) is 40.9 Å². The van der Waals surface area contributed by atoms with E-state index in [1.54, 1.807) is 24.3 Å². The van der Waals surface area contributed by atoms with Crippen molar-refractivity contribution in [1.82, 2.24) is 0 Å². The van der Waals surface area contributed by atoms with Crippen LogP contribution in [0.15, 0.2) is 42.5 Å². The average Bonchev–Trinajstić information content (AvgIpc) is 2.32. The predicted octanol–water partition coefficient (Wildman–Crippen LogP) is 4.55. The first-order valence-electron chi connectivity index (χ1n) is 5.39. The van der Waals surface area contributed by atoms with Crippen LogP contribution < -0.4 is 5.32 Å². The Kier molecular flexibility index (Phi) is 3.90. The summed E-state index contributed by atoms with van der Waals surface area (Å²) in [6, 6.07) is 12.3. The molecular weight excluding hydrogens is 269 g/mol. The van der Waals surface area contributed by atoms with Gasteiger partial charge in [-0.3, -0.25) is 4.79 Å². The summed E-state index contributed by atoms with van der Waals surface area (Å²) in [5, 5.41) is 3.71. The minimum absolute atomic E-state index is 0.192. The van der Waals surface area contributed by atoms with Crippen molar-refractivity contribution in [3.63, 3.8) is 0 Å². The summed E-state index contributed by atoms with van der Waals surface area (Å²) in [4.78, 5) is 12.0. The van der Waals surface area contributed by atoms with Gasteiger partial charge in [-0.25, -0.2) is 0 Å². The Labute approximate surface area is 116 Å². The molecule has 1 N–H and O–H groups in total. The van der Waals surface area contributed by atoms with Crippen molar-refractivity contribution in [1.29, 1.82) is 0 Å². The van der Waals surface area contributed by atoms with Crippen LogP contribution in [0, 0.1) is 6.92 Å². The van der Waals surface area contributed by atoms with E-state index in [9.17, 15) is 4.79 Å². The van der Waals surface area contributed by atoms with Gasteiger partial charge in [0.15, 0.2) is 0 Å². The first-order valence-corrected chi connectivity index (χ1v) is 6.15. The number of rotatable bonds is 2. The summed E-state index contributed by atoms with van der Waals surface area (Å²) in [7, 11) is 0. The van der Waals surface area contributed by atoms with E-state index >= 15 is 0 Å². The molecule has 0 saturated heterocycles. The number of hydrogen-bond donors (Lipinski definition) is 1. The number of carbonyl (C=O) groups excluding carboxylic acids is 1. The van der Waals surface area contributed by atoms with Gasteiger partial charge in [0.25, 0.3) is 5.91 Å². The number of carbonyl (C=O) groups is 1. The van der Waals surface area contributed by atoms with Gasteiger partial charge in [-0.05, 0) is 37.3 Å². The maximum absolute atomic E-state index is 12.0. The highest BCUT2D eigenvalue weighted by molar-refractivity contribution is 6.36. The van der Waals surface area contributed by atoms with Crippen LogP contribution >= 0.6 is 23.2 Å². The van der Waals surface area contributed by atoms with Crippen LogP contribution in [0.3, 0.4) is 0 Å². The third-order valence-electron chi connectivity index (χ3n) is 2.46. The van der Waals surface area contributed by atoms with Crippen molar-refractivity contribution in [2.75, 3.05) is 5.32 Å². The lowest BCUT2D eigenvalue weighted by Crippen LogP contribution is -2.12. The molecule has 0 unspecified atom stereocenters. The lowest BCUT2D eigenvalue weighted by Gasteiger charge is -2.07. The molecule has 0 radical (unpaired) electrons. The molecular formula is C14H11Cl2NO. The number of amides is 1. The van der Waals surface area contributed by atoms with Crippen LogP contribution in [-0.4, -0.2) is 5.91 Å².